The van der Waals surface area contributed by atoms with Gasteiger partial charge in [-0.15, -0.1) is 5.10 Å². The lowest BCUT2D eigenvalue weighted by molar-refractivity contribution is 0.0842. The molecule has 2 unspecified atom stereocenters. The van der Waals surface area contributed by atoms with Gasteiger partial charge in [-0.3, -0.25) is 4.79 Å². The molecule has 130 valence electrons. The van der Waals surface area contributed by atoms with Gasteiger partial charge in [0.05, 0.1) is 12.1 Å². The molecule has 0 aliphatic carbocycles. The molecule has 0 radical (unpaired) electrons. The summed E-state index contributed by atoms with van der Waals surface area (Å²) in [6.45, 7) is 3.32. The number of carbonyl (C=O) groups excluding carboxylic acids is 1. The zero-order chi connectivity index (χ0) is 18.1. The Balaban J connectivity index is 1.76. The highest BCUT2D eigenvalue weighted by molar-refractivity contribution is 5.91. The molecule has 0 spiro atoms. The molecule has 3 aromatic rings. The molecule has 0 aliphatic rings. The maximum atomic E-state index is 13.3. The Morgan fingerprint density at radius 1 is 1.28 bits per heavy atom. The van der Waals surface area contributed by atoms with E-state index in [1.54, 1.807) is 19.2 Å². The van der Waals surface area contributed by atoms with E-state index in [1.165, 1.54) is 17.5 Å². The van der Waals surface area contributed by atoms with Gasteiger partial charge in [-0.1, -0.05) is 6.07 Å². The van der Waals surface area contributed by atoms with Gasteiger partial charge in [0, 0.05) is 11.9 Å². The maximum absolute atomic E-state index is 13.3. The number of carbonyl (C=O) groups is 1. The fourth-order valence-corrected chi connectivity index (χ4v) is 2.34. The molecule has 25 heavy (non-hydrogen) atoms. The van der Waals surface area contributed by atoms with E-state index in [-0.39, 0.29) is 17.2 Å². The average molecular weight is 347 g/mol. The molecular formula is C16H15F2N5O2. The third-order valence-electron chi connectivity index (χ3n) is 3.75. The second-order valence-electron chi connectivity index (χ2n) is 5.61. The summed E-state index contributed by atoms with van der Waals surface area (Å²) in [5, 5.41) is 16.8. The number of benzene rings is 1. The van der Waals surface area contributed by atoms with Gasteiger partial charge in [0.2, 0.25) is 5.82 Å². The molecule has 7 nitrogen and oxygen atoms in total. The van der Waals surface area contributed by atoms with Crippen LogP contribution < -0.4 is 5.32 Å². The third-order valence-corrected chi connectivity index (χ3v) is 3.75. The minimum absolute atomic E-state index is 0.105. The van der Waals surface area contributed by atoms with Crippen molar-refractivity contribution in [2.75, 3.05) is 0 Å². The predicted octanol–water partition coefficient (Wildman–Crippen LogP) is 1.56. The highest BCUT2D eigenvalue weighted by Gasteiger charge is 2.22. The number of halogens is 2. The van der Waals surface area contributed by atoms with Gasteiger partial charge in [0.1, 0.15) is 0 Å². The largest absolute Gasteiger partial charge is 0.386 e. The first-order valence-electron chi connectivity index (χ1n) is 7.49. The van der Waals surface area contributed by atoms with Crippen LogP contribution in [0, 0.1) is 18.6 Å². The van der Waals surface area contributed by atoms with Gasteiger partial charge in [-0.05, 0) is 37.6 Å². The zero-order valence-corrected chi connectivity index (χ0v) is 13.4. The summed E-state index contributed by atoms with van der Waals surface area (Å²) < 4.78 is 27.7. The first-order valence-corrected chi connectivity index (χ1v) is 7.49. The highest BCUT2D eigenvalue weighted by atomic mass is 19.2. The van der Waals surface area contributed by atoms with Gasteiger partial charge < -0.3 is 10.4 Å². The summed E-state index contributed by atoms with van der Waals surface area (Å²) in [7, 11) is 0. The molecule has 1 aromatic carbocycles. The number of aliphatic hydroxyl groups is 1. The van der Waals surface area contributed by atoms with Gasteiger partial charge >= 0.3 is 0 Å². The Labute approximate surface area is 141 Å². The van der Waals surface area contributed by atoms with Crippen LogP contribution in [-0.4, -0.2) is 36.6 Å². The maximum Gasteiger partial charge on any atom is 0.291 e. The number of rotatable bonds is 4. The topological polar surface area (TPSA) is 92.4 Å². The Morgan fingerprint density at radius 3 is 2.72 bits per heavy atom. The summed E-state index contributed by atoms with van der Waals surface area (Å²) in [6, 6.07) is 4.00. The van der Waals surface area contributed by atoms with E-state index in [0.29, 0.717) is 0 Å². The predicted molar refractivity (Wildman–Crippen MR) is 83.8 cm³/mol. The molecule has 2 heterocycles. The second-order valence-corrected chi connectivity index (χ2v) is 5.61. The monoisotopic (exact) mass is 347 g/mol. The van der Waals surface area contributed by atoms with Gasteiger partial charge in [0.25, 0.3) is 11.7 Å². The Morgan fingerprint density at radius 2 is 2.04 bits per heavy atom. The van der Waals surface area contributed by atoms with Crippen LogP contribution in [0.2, 0.25) is 0 Å². The summed E-state index contributed by atoms with van der Waals surface area (Å²) in [6.07, 6.45) is 0.326. The fraction of sp³-hybridized carbons (Fsp3) is 0.250. The van der Waals surface area contributed by atoms with Crippen molar-refractivity contribution in [2.24, 2.45) is 0 Å². The van der Waals surface area contributed by atoms with E-state index in [2.05, 4.69) is 20.4 Å². The van der Waals surface area contributed by atoms with Crippen LogP contribution >= 0.6 is 0 Å². The van der Waals surface area contributed by atoms with Crippen LogP contribution in [0.25, 0.3) is 5.78 Å². The van der Waals surface area contributed by atoms with Crippen LogP contribution in [0.1, 0.15) is 34.9 Å². The van der Waals surface area contributed by atoms with Crippen LogP contribution in [0.3, 0.4) is 0 Å². The quantitative estimate of drug-likeness (QED) is 0.747. The first kappa shape index (κ1) is 16.9. The van der Waals surface area contributed by atoms with Crippen molar-refractivity contribution >= 4 is 11.7 Å². The summed E-state index contributed by atoms with van der Waals surface area (Å²) >= 11 is 0. The summed E-state index contributed by atoms with van der Waals surface area (Å²) in [4.78, 5) is 20.3. The number of hydrogen-bond donors (Lipinski definition) is 2. The van der Waals surface area contributed by atoms with Crippen LogP contribution in [0.15, 0.2) is 30.5 Å². The van der Waals surface area contributed by atoms with E-state index in [9.17, 15) is 18.7 Å². The lowest BCUT2D eigenvalue weighted by Crippen LogP contribution is -2.37. The molecule has 0 aliphatic heterocycles. The van der Waals surface area contributed by atoms with Gasteiger partial charge in [-0.2, -0.15) is 4.98 Å². The summed E-state index contributed by atoms with van der Waals surface area (Å²) in [5.41, 5.74) is 0.901. The molecule has 3 rings (SSSR count). The van der Waals surface area contributed by atoms with E-state index >= 15 is 0 Å². The first-order chi connectivity index (χ1) is 11.9. The zero-order valence-electron chi connectivity index (χ0n) is 13.4. The van der Waals surface area contributed by atoms with E-state index < -0.39 is 29.7 Å². The van der Waals surface area contributed by atoms with Crippen LogP contribution in [-0.2, 0) is 0 Å². The van der Waals surface area contributed by atoms with Crippen molar-refractivity contribution in [3.8, 4) is 0 Å². The standard InChI is InChI=1S/C16H15F2N5O2/c1-8-5-6-19-16-21-14(22-23(8)16)15(25)20-9(2)13(24)10-3-4-11(17)12(18)7-10/h3-7,9,13,24H,1-2H3,(H,20,25). The van der Waals surface area contributed by atoms with Crippen molar-refractivity contribution < 1.29 is 18.7 Å². The van der Waals surface area contributed by atoms with Crippen LogP contribution in [0.4, 0.5) is 8.78 Å². The number of aliphatic hydroxyl groups excluding tert-OH is 1. The fourth-order valence-electron chi connectivity index (χ4n) is 2.34. The number of fused-ring (bicyclic) bond motifs is 1. The molecule has 0 fully saturated rings. The second kappa shape index (κ2) is 6.52. The highest BCUT2D eigenvalue weighted by Crippen LogP contribution is 2.19. The number of aromatic nitrogens is 4. The van der Waals surface area contributed by atoms with Crippen LogP contribution in [0.5, 0.6) is 0 Å². The number of nitrogens with one attached hydrogen (secondary N) is 1. The van der Waals surface area contributed by atoms with E-state index in [1.807, 2.05) is 0 Å². The molecular weight excluding hydrogens is 332 g/mol. The number of nitrogens with zero attached hydrogens (tertiary/aromatic N) is 4. The lowest BCUT2D eigenvalue weighted by atomic mass is 10.0. The van der Waals surface area contributed by atoms with Gasteiger partial charge in [0.15, 0.2) is 11.6 Å². The van der Waals surface area contributed by atoms with Crippen molar-refractivity contribution in [1.82, 2.24) is 24.9 Å². The molecule has 2 atom stereocenters. The molecule has 0 saturated carbocycles. The molecule has 0 saturated heterocycles. The van der Waals surface area contributed by atoms with Crippen molar-refractivity contribution in [2.45, 2.75) is 26.0 Å². The molecule has 0 bridgehead atoms. The normalized spacial score (nSPS) is 13.6. The Hall–Kier alpha value is -2.94. The summed E-state index contributed by atoms with van der Waals surface area (Å²) in [5.74, 6) is -2.52. The SMILES string of the molecule is Cc1ccnc2nc(C(=O)NC(C)C(O)c3ccc(F)c(F)c3)nn12. The molecule has 9 heteroatoms. The number of amides is 1. The van der Waals surface area contributed by atoms with Crippen molar-refractivity contribution in [3.63, 3.8) is 0 Å². The molecule has 1 amide bonds. The third kappa shape index (κ3) is 3.31. The van der Waals surface area contributed by atoms with Gasteiger partial charge in [-0.25, -0.2) is 18.3 Å². The lowest BCUT2D eigenvalue weighted by Gasteiger charge is -2.20. The molecule has 2 N–H and O–H groups in total. The Kier molecular flexibility index (Phi) is 4.41. The smallest absolute Gasteiger partial charge is 0.291 e. The Bertz CT molecular complexity index is 943. The van der Waals surface area contributed by atoms with Crippen molar-refractivity contribution in [3.05, 3.63) is 59.2 Å². The number of hydrogen-bond acceptors (Lipinski definition) is 5. The van der Waals surface area contributed by atoms with Crippen molar-refractivity contribution in [1.29, 1.82) is 0 Å². The molecule has 2 aromatic heterocycles. The van der Waals surface area contributed by atoms with E-state index in [0.717, 1.165) is 17.8 Å². The average Bonchev–Trinajstić information content (AvgIpc) is 3.02. The number of aryl methyl sites for hydroxylation is 1. The minimum Gasteiger partial charge on any atom is -0.386 e. The minimum atomic E-state index is -1.23. The van der Waals surface area contributed by atoms with E-state index in [4.69, 9.17) is 0 Å².